The maximum atomic E-state index is 11.6. The Morgan fingerprint density at radius 2 is 1.85 bits per heavy atom. The zero-order chi connectivity index (χ0) is 19.9. The lowest BCUT2D eigenvalue weighted by Gasteiger charge is -2.37. The van der Waals surface area contributed by atoms with Gasteiger partial charge in [0.15, 0.2) is 0 Å². The molecule has 2 rings (SSSR count). The normalized spacial score (nSPS) is 16.8. The quantitative estimate of drug-likeness (QED) is 0.805. The molecule has 0 spiro atoms. The highest BCUT2D eigenvalue weighted by Gasteiger charge is 2.36. The van der Waals surface area contributed by atoms with Gasteiger partial charge in [0.25, 0.3) is 0 Å². The highest BCUT2D eigenvalue weighted by Crippen LogP contribution is 2.35. The second-order valence-electron chi connectivity index (χ2n) is 8.01. The van der Waals surface area contributed by atoms with Crippen molar-refractivity contribution in [2.45, 2.75) is 51.0 Å². The molecule has 1 amide bonds. The molecule has 1 aromatic carbocycles. The number of likely N-dealkylation sites (tertiary alicyclic amines) is 1. The summed E-state index contributed by atoms with van der Waals surface area (Å²) in [6, 6.07) is 12.0. The number of piperidine rings is 1. The molecule has 6 nitrogen and oxygen atoms in total. The monoisotopic (exact) mass is 368 g/mol. The van der Waals surface area contributed by atoms with E-state index >= 15 is 0 Å². The number of carbonyl (C=O) groups is 1. The van der Waals surface area contributed by atoms with Gasteiger partial charge in [0, 0.05) is 6.54 Å². The fraction of sp³-hybridized carbons (Fsp3) is 0.571. The van der Waals surface area contributed by atoms with E-state index in [0.717, 1.165) is 44.5 Å². The number of ether oxygens (including phenoxy) is 1. The Kier molecular flexibility index (Phi) is 6.82. The predicted molar refractivity (Wildman–Crippen MR) is 103 cm³/mol. The summed E-state index contributed by atoms with van der Waals surface area (Å²) in [6.07, 6.45) is 2.00. The first-order valence-electron chi connectivity index (χ1n) is 9.39. The molecule has 0 saturated carbocycles. The topological polar surface area (TPSA) is 89.2 Å². The fourth-order valence-corrected chi connectivity index (χ4v) is 3.29. The molecule has 27 heavy (non-hydrogen) atoms. The zero-order valence-electron chi connectivity index (χ0n) is 16.4. The van der Waals surface area contributed by atoms with Gasteiger partial charge in [-0.25, -0.2) is 4.79 Å². The van der Waals surface area contributed by atoms with E-state index in [1.54, 1.807) is 12.1 Å². The summed E-state index contributed by atoms with van der Waals surface area (Å²) in [5.74, 6) is 0. The van der Waals surface area contributed by atoms with Crippen LogP contribution < -0.4 is 5.32 Å². The second kappa shape index (κ2) is 8.88. The van der Waals surface area contributed by atoms with Crippen LogP contribution in [0.15, 0.2) is 24.3 Å². The molecular weight excluding hydrogens is 340 g/mol. The Morgan fingerprint density at radius 1 is 1.22 bits per heavy atom. The van der Waals surface area contributed by atoms with Gasteiger partial charge < -0.3 is 15.0 Å². The summed E-state index contributed by atoms with van der Waals surface area (Å²) in [6.45, 7) is 8.68. The highest BCUT2D eigenvalue weighted by molar-refractivity contribution is 5.67. The Labute approximate surface area is 161 Å². The van der Waals surface area contributed by atoms with Gasteiger partial charge >= 0.3 is 6.09 Å². The third-order valence-electron chi connectivity index (χ3n) is 4.81. The Morgan fingerprint density at radius 3 is 2.37 bits per heavy atom. The van der Waals surface area contributed by atoms with Crippen LogP contribution in [-0.2, 0) is 10.2 Å². The van der Waals surface area contributed by atoms with Gasteiger partial charge in [-0.05, 0) is 77.4 Å². The van der Waals surface area contributed by atoms with E-state index in [-0.39, 0.29) is 6.09 Å². The first-order chi connectivity index (χ1) is 12.8. The number of rotatable bonds is 5. The minimum Gasteiger partial charge on any atom is -0.444 e. The van der Waals surface area contributed by atoms with Crippen molar-refractivity contribution in [1.29, 1.82) is 10.5 Å². The van der Waals surface area contributed by atoms with E-state index in [1.165, 1.54) is 0 Å². The number of alkyl carbamates (subject to hydrolysis) is 1. The van der Waals surface area contributed by atoms with Crippen molar-refractivity contribution in [2.75, 3.05) is 26.2 Å². The van der Waals surface area contributed by atoms with Crippen molar-refractivity contribution in [1.82, 2.24) is 10.2 Å². The van der Waals surface area contributed by atoms with Crippen LogP contribution in [0.5, 0.6) is 0 Å². The van der Waals surface area contributed by atoms with Crippen LogP contribution in [-0.4, -0.2) is 42.8 Å². The molecule has 6 heteroatoms. The minimum absolute atomic E-state index is 0.384. The van der Waals surface area contributed by atoms with E-state index in [2.05, 4.69) is 22.4 Å². The molecule has 0 aromatic heterocycles. The fourth-order valence-electron chi connectivity index (χ4n) is 3.29. The van der Waals surface area contributed by atoms with Crippen molar-refractivity contribution in [3.05, 3.63) is 35.4 Å². The van der Waals surface area contributed by atoms with Crippen LogP contribution in [0.2, 0.25) is 0 Å². The average Bonchev–Trinajstić information content (AvgIpc) is 2.64. The summed E-state index contributed by atoms with van der Waals surface area (Å²) in [5, 5.41) is 21.5. The summed E-state index contributed by atoms with van der Waals surface area (Å²) >= 11 is 0. The number of benzene rings is 1. The largest absolute Gasteiger partial charge is 0.444 e. The van der Waals surface area contributed by atoms with E-state index < -0.39 is 11.0 Å². The summed E-state index contributed by atoms with van der Waals surface area (Å²) < 4.78 is 5.22. The number of nitrogens with one attached hydrogen (secondary N) is 1. The second-order valence-corrected chi connectivity index (χ2v) is 8.01. The molecule has 0 bridgehead atoms. The molecule has 1 aliphatic rings. The van der Waals surface area contributed by atoms with Gasteiger partial charge in [-0.1, -0.05) is 12.1 Å². The molecule has 0 aliphatic carbocycles. The maximum Gasteiger partial charge on any atom is 0.407 e. The van der Waals surface area contributed by atoms with Gasteiger partial charge in [-0.2, -0.15) is 10.5 Å². The van der Waals surface area contributed by atoms with Crippen LogP contribution in [0.3, 0.4) is 0 Å². The first kappa shape index (κ1) is 20.7. The predicted octanol–water partition coefficient (Wildman–Crippen LogP) is 3.33. The van der Waals surface area contributed by atoms with Gasteiger partial charge in [0.2, 0.25) is 0 Å². The van der Waals surface area contributed by atoms with Crippen LogP contribution >= 0.6 is 0 Å². The smallest absolute Gasteiger partial charge is 0.407 e. The van der Waals surface area contributed by atoms with Crippen LogP contribution in [0.4, 0.5) is 4.79 Å². The van der Waals surface area contributed by atoms with Crippen LogP contribution in [0, 0.1) is 22.7 Å². The van der Waals surface area contributed by atoms with E-state index in [0.29, 0.717) is 12.1 Å². The Hall–Kier alpha value is -2.57. The van der Waals surface area contributed by atoms with Crippen LogP contribution in [0.1, 0.15) is 51.2 Å². The summed E-state index contributed by atoms with van der Waals surface area (Å²) in [7, 11) is 0. The summed E-state index contributed by atoms with van der Waals surface area (Å²) in [5.41, 5.74) is 0.652. The lowest BCUT2D eigenvalue weighted by Crippen LogP contribution is -2.43. The standard InChI is InChI=1S/C21H28N4O2/c1-20(2,3)27-19(26)24-11-4-12-25-13-9-21(16-23,10-14-25)18-7-5-17(15-22)6-8-18/h5-8H,4,9-14H2,1-3H3,(H,24,26). The molecule has 1 fully saturated rings. The van der Waals surface area contributed by atoms with Crippen molar-refractivity contribution in [2.24, 2.45) is 0 Å². The minimum atomic E-state index is -0.483. The van der Waals surface area contributed by atoms with Gasteiger partial charge in [-0.3, -0.25) is 0 Å². The zero-order valence-corrected chi connectivity index (χ0v) is 16.4. The number of nitrogens with zero attached hydrogens (tertiary/aromatic N) is 3. The molecule has 0 atom stereocenters. The Balaban J connectivity index is 1.78. The van der Waals surface area contributed by atoms with Gasteiger partial charge in [-0.15, -0.1) is 0 Å². The molecule has 144 valence electrons. The third-order valence-corrected chi connectivity index (χ3v) is 4.81. The molecule has 1 aromatic rings. The van der Waals surface area contributed by atoms with Crippen molar-refractivity contribution < 1.29 is 9.53 Å². The lowest BCUT2D eigenvalue weighted by molar-refractivity contribution is 0.0525. The number of hydrogen-bond acceptors (Lipinski definition) is 5. The molecule has 1 heterocycles. The Bertz CT molecular complexity index is 715. The lowest BCUT2D eigenvalue weighted by atomic mass is 9.74. The molecule has 1 N–H and O–H groups in total. The maximum absolute atomic E-state index is 11.6. The van der Waals surface area contributed by atoms with Gasteiger partial charge in [0.05, 0.1) is 23.1 Å². The van der Waals surface area contributed by atoms with Crippen molar-refractivity contribution in [3.8, 4) is 12.1 Å². The number of carbonyl (C=O) groups excluding carboxylic acids is 1. The number of amides is 1. The van der Waals surface area contributed by atoms with Crippen LogP contribution in [0.25, 0.3) is 0 Å². The molecule has 1 saturated heterocycles. The van der Waals surface area contributed by atoms with Gasteiger partial charge in [0.1, 0.15) is 5.60 Å². The molecule has 1 aliphatic heterocycles. The average molecular weight is 368 g/mol. The number of nitriles is 2. The van der Waals surface area contributed by atoms with E-state index in [1.807, 2.05) is 32.9 Å². The molecule has 0 radical (unpaired) electrons. The SMILES string of the molecule is CC(C)(C)OC(=O)NCCCN1CCC(C#N)(c2ccc(C#N)cc2)CC1. The third kappa shape index (κ3) is 5.98. The molecule has 0 unspecified atom stereocenters. The van der Waals surface area contributed by atoms with Crippen molar-refractivity contribution in [3.63, 3.8) is 0 Å². The van der Waals surface area contributed by atoms with Crippen molar-refractivity contribution >= 4 is 6.09 Å². The molecular formula is C21H28N4O2. The highest BCUT2D eigenvalue weighted by atomic mass is 16.6. The number of hydrogen-bond donors (Lipinski definition) is 1. The van der Waals surface area contributed by atoms with E-state index in [9.17, 15) is 10.1 Å². The van der Waals surface area contributed by atoms with E-state index in [4.69, 9.17) is 10.00 Å². The first-order valence-corrected chi connectivity index (χ1v) is 9.39. The summed E-state index contributed by atoms with van der Waals surface area (Å²) in [4.78, 5) is 14.0.